The second-order valence-corrected chi connectivity index (χ2v) is 4.47. The van der Waals surface area contributed by atoms with Crippen molar-refractivity contribution in [3.63, 3.8) is 0 Å². The Morgan fingerprint density at radius 3 is 2.65 bits per heavy atom. The zero-order valence-electron chi connectivity index (χ0n) is 9.64. The standard InChI is InChI=1S/C12H15F3N2/c1-8-6-16-2-3-17(7-8)12-5-10(14)9(13)4-11(12)15/h4-5,8,16H,2-3,6-7H2,1H3. The molecule has 0 saturated carbocycles. The van der Waals surface area contributed by atoms with Gasteiger partial charge in [0.2, 0.25) is 0 Å². The third kappa shape index (κ3) is 2.72. The van der Waals surface area contributed by atoms with Crippen molar-refractivity contribution in [1.82, 2.24) is 5.32 Å². The Morgan fingerprint density at radius 1 is 1.18 bits per heavy atom. The third-order valence-electron chi connectivity index (χ3n) is 2.91. The molecular weight excluding hydrogens is 229 g/mol. The summed E-state index contributed by atoms with van der Waals surface area (Å²) in [7, 11) is 0. The number of rotatable bonds is 1. The van der Waals surface area contributed by atoms with E-state index in [1.807, 2.05) is 6.92 Å². The fraction of sp³-hybridized carbons (Fsp3) is 0.500. The Morgan fingerprint density at radius 2 is 1.88 bits per heavy atom. The molecular formula is C12H15F3N2. The van der Waals surface area contributed by atoms with Crippen molar-refractivity contribution >= 4 is 5.69 Å². The molecule has 1 heterocycles. The summed E-state index contributed by atoms with van der Waals surface area (Å²) in [6, 6.07) is 1.54. The molecule has 94 valence electrons. The smallest absolute Gasteiger partial charge is 0.161 e. The summed E-state index contributed by atoms with van der Waals surface area (Å²) in [5.41, 5.74) is 0.138. The van der Waals surface area contributed by atoms with Gasteiger partial charge < -0.3 is 10.2 Å². The normalized spacial score (nSPS) is 21.4. The summed E-state index contributed by atoms with van der Waals surface area (Å²) in [6.45, 7) is 4.81. The van der Waals surface area contributed by atoms with Crippen LogP contribution < -0.4 is 10.2 Å². The predicted octanol–water partition coefficient (Wildman–Crippen LogP) is 2.15. The zero-order chi connectivity index (χ0) is 12.4. The van der Waals surface area contributed by atoms with Gasteiger partial charge in [0.25, 0.3) is 0 Å². The lowest BCUT2D eigenvalue weighted by molar-refractivity contribution is 0.492. The zero-order valence-corrected chi connectivity index (χ0v) is 9.64. The first kappa shape index (κ1) is 12.2. The second kappa shape index (κ2) is 4.96. The maximum atomic E-state index is 13.6. The van der Waals surface area contributed by atoms with Crippen molar-refractivity contribution in [3.05, 3.63) is 29.6 Å². The van der Waals surface area contributed by atoms with Crippen molar-refractivity contribution < 1.29 is 13.2 Å². The van der Waals surface area contributed by atoms with Crippen LogP contribution in [0.25, 0.3) is 0 Å². The molecule has 1 unspecified atom stereocenters. The molecule has 17 heavy (non-hydrogen) atoms. The minimum atomic E-state index is -1.15. The van der Waals surface area contributed by atoms with Crippen molar-refractivity contribution in [2.45, 2.75) is 6.92 Å². The summed E-state index contributed by atoms with van der Waals surface area (Å²) >= 11 is 0. The number of halogens is 3. The summed E-state index contributed by atoms with van der Waals surface area (Å²) in [5, 5.41) is 3.21. The van der Waals surface area contributed by atoms with Gasteiger partial charge in [-0.1, -0.05) is 6.92 Å². The molecule has 5 heteroatoms. The van der Waals surface area contributed by atoms with Crippen LogP contribution in [-0.4, -0.2) is 26.2 Å². The highest BCUT2D eigenvalue weighted by molar-refractivity contribution is 5.48. The minimum Gasteiger partial charge on any atom is -0.367 e. The quantitative estimate of drug-likeness (QED) is 0.761. The van der Waals surface area contributed by atoms with Crippen molar-refractivity contribution in [2.24, 2.45) is 5.92 Å². The molecule has 1 fully saturated rings. The van der Waals surface area contributed by atoms with Gasteiger partial charge in [-0.25, -0.2) is 13.2 Å². The lowest BCUT2D eigenvalue weighted by Gasteiger charge is -2.25. The first-order valence-corrected chi connectivity index (χ1v) is 5.68. The van der Waals surface area contributed by atoms with Gasteiger partial charge >= 0.3 is 0 Å². The molecule has 1 aromatic carbocycles. The number of nitrogens with one attached hydrogen (secondary N) is 1. The van der Waals surface area contributed by atoms with Gasteiger partial charge in [-0.2, -0.15) is 0 Å². The number of benzene rings is 1. The van der Waals surface area contributed by atoms with Gasteiger partial charge in [-0.3, -0.25) is 0 Å². The maximum Gasteiger partial charge on any atom is 0.161 e. The molecule has 0 aromatic heterocycles. The van der Waals surface area contributed by atoms with Crippen LogP contribution in [0.15, 0.2) is 12.1 Å². The summed E-state index contributed by atoms with van der Waals surface area (Å²) in [5.74, 6) is -2.53. The van der Waals surface area contributed by atoms with Gasteiger partial charge in [0.05, 0.1) is 5.69 Å². The van der Waals surface area contributed by atoms with Crippen molar-refractivity contribution in [1.29, 1.82) is 0 Å². The van der Waals surface area contributed by atoms with E-state index < -0.39 is 17.5 Å². The Kier molecular flexibility index (Phi) is 3.57. The van der Waals surface area contributed by atoms with Crippen LogP contribution in [-0.2, 0) is 0 Å². The van der Waals surface area contributed by atoms with E-state index in [9.17, 15) is 13.2 Å². The van der Waals surface area contributed by atoms with Crippen LogP contribution >= 0.6 is 0 Å². The highest BCUT2D eigenvalue weighted by atomic mass is 19.2. The Labute approximate surface area is 98.4 Å². The highest BCUT2D eigenvalue weighted by Crippen LogP contribution is 2.23. The monoisotopic (exact) mass is 244 g/mol. The van der Waals surface area contributed by atoms with Crippen LogP contribution in [0.1, 0.15) is 6.92 Å². The largest absolute Gasteiger partial charge is 0.367 e. The molecule has 1 N–H and O–H groups in total. The van der Waals surface area contributed by atoms with Gasteiger partial charge in [0.15, 0.2) is 11.6 Å². The van der Waals surface area contributed by atoms with E-state index in [1.165, 1.54) is 0 Å². The molecule has 1 aromatic rings. The Hall–Kier alpha value is -1.23. The number of anilines is 1. The van der Waals surface area contributed by atoms with E-state index in [0.717, 1.165) is 12.6 Å². The van der Waals surface area contributed by atoms with Crippen LogP contribution in [0.3, 0.4) is 0 Å². The molecule has 0 spiro atoms. The van der Waals surface area contributed by atoms with Gasteiger partial charge in [0, 0.05) is 31.8 Å². The fourth-order valence-corrected chi connectivity index (χ4v) is 2.07. The molecule has 1 aliphatic heterocycles. The number of hydrogen-bond acceptors (Lipinski definition) is 2. The van der Waals surface area contributed by atoms with E-state index in [1.54, 1.807) is 4.90 Å². The first-order valence-electron chi connectivity index (χ1n) is 5.68. The molecule has 0 amide bonds. The van der Waals surface area contributed by atoms with E-state index in [2.05, 4.69) is 5.32 Å². The average Bonchev–Trinajstić information content (AvgIpc) is 2.48. The van der Waals surface area contributed by atoms with Gasteiger partial charge in [0.1, 0.15) is 5.82 Å². The van der Waals surface area contributed by atoms with E-state index in [4.69, 9.17) is 0 Å². The Bertz CT molecular complexity index is 409. The van der Waals surface area contributed by atoms with Crippen molar-refractivity contribution in [3.8, 4) is 0 Å². The van der Waals surface area contributed by atoms with Gasteiger partial charge in [-0.15, -0.1) is 0 Å². The van der Waals surface area contributed by atoms with E-state index >= 15 is 0 Å². The molecule has 2 nitrogen and oxygen atoms in total. The first-order chi connectivity index (χ1) is 8.08. The minimum absolute atomic E-state index is 0.138. The predicted molar refractivity (Wildman–Crippen MR) is 60.6 cm³/mol. The lowest BCUT2D eigenvalue weighted by Crippen LogP contribution is -2.30. The van der Waals surface area contributed by atoms with Crippen molar-refractivity contribution in [2.75, 3.05) is 31.1 Å². The topological polar surface area (TPSA) is 15.3 Å². The highest BCUT2D eigenvalue weighted by Gasteiger charge is 2.19. The molecule has 1 atom stereocenters. The third-order valence-corrected chi connectivity index (χ3v) is 2.91. The molecule has 2 rings (SSSR count). The van der Waals surface area contributed by atoms with Crippen LogP contribution in [0, 0.1) is 23.4 Å². The molecule has 1 saturated heterocycles. The summed E-state index contributed by atoms with van der Waals surface area (Å²) in [4.78, 5) is 1.75. The van der Waals surface area contributed by atoms with E-state index in [-0.39, 0.29) is 5.69 Å². The van der Waals surface area contributed by atoms with Crippen LogP contribution in [0.5, 0.6) is 0 Å². The maximum absolute atomic E-state index is 13.6. The fourth-order valence-electron chi connectivity index (χ4n) is 2.07. The molecule has 0 radical (unpaired) electrons. The number of hydrogen-bond donors (Lipinski definition) is 1. The summed E-state index contributed by atoms with van der Waals surface area (Å²) in [6.07, 6.45) is 0. The Balaban J connectivity index is 2.28. The molecule has 0 bridgehead atoms. The molecule has 1 aliphatic rings. The van der Waals surface area contributed by atoms with Crippen LogP contribution in [0.2, 0.25) is 0 Å². The van der Waals surface area contributed by atoms with Crippen LogP contribution in [0.4, 0.5) is 18.9 Å². The van der Waals surface area contributed by atoms with Gasteiger partial charge in [-0.05, 0) is 12.5 Å². The van der Waals surface area contributed by atoms with E-state index in [0.29, 0.717) is 31.6 Å². The molecule has 0 aliphatic carbocycles. The summed E-state index contributed by atoms with van der Waals surface area (Å²) < 4.78 is 39.6. The SMILES string of the molecule is CC1CNCCN(c2cc(F)c(F)cc2F)C1. The average molecular weight is 244 g/mol. The lowest BCUT2D eigenvalue weighted by atomic mass is 10.1. The second-order valence-electron chi connectivity index (χ2n) is 4.47. The number of nitrogens with zero attached hydrogens (tertiary/aromatic N) is 1.